The average molecular weight is 335 g/mol. The van der Waals surface area contributed by atoms with Crippen LogP contribution in [-0.4, -0.2) is 31.0 Å². The minimum absolute atomic E-state index is 0.328. The van der Waals surface area contributed by atoms with E-state index >= 15 is 0 Å². The molecule has 1 heterocycles. The van der Waals surface area contributed by atoms with E-state index in [2.05, 4.69) is 71.2 Å². The lowest BCUT2D eigenvalue weighted by Crippen LogP contribution is -2.41. The number of rotatable bonds is 6. The molecule has 0 saturated carbocycles. The van der Waals surface area contributed by atoms with Gasteiger partial charge in [-0.15, -0.1) is 23.5 Å². The quantitative estimate of drug-likeness (QED) is 0.562. The third-order valence-electron chi connectivity index (χ3n) is 4.78. The Balaban J connectivity index is 2.47. The van der Waals surface area contributed by atoms with Gasteiger partial charge in [0, 0.05) is 6.61 Å². The van der Waals surface area contributed by atoms with E-state index in [0.717, 1.165) is 23.0 Å². The van der Waals surface area contributed by atoms with Crippen LogP contribution in [0.15, 0.2) is 0 Å². The van der Waals surface area contributed by atoms with Crippen molar-refractivity contribution in [1.29, 1.82) is 0 Å². The maximum Gasteiger partial charge on any atom is 0.191 e. The van der Waals surface area contributed by atoms with Crippen molar-refractivity contribution in [1.82, 2.24) is 0 Å². The van der Waals surface area contributed by atoms with Gasteiger partial charge in [-0.25, -0.2) is 0 Å². The summed E-state index contributed by atoms with van der Waals surface area (Å²) in [7, 11) is -1.57. The molecular formula is C16H34OS2Si. The minimum atomic E-state index is -1.57. The van der Waals surface area contributed by atoms with Crippen molar-refractivity contribution in [3.63, 3.8) is 0 Å². The van der Waals surface area contributed by atoms with E-state index in [0.29, 0.717) is 5.04 Å². The summed E-state index contributed by atoms with van der Waals surface area (Å²) in [5, 5.41) is 0.328. The van der Waals surface area contributed by atoms with Crippen LogP contribution < -0.4 is 0 Å². The molecule has 1 fully saturated rings. The molecule has 0 spiro atoms. The summed E-state index contributed by atoms with van der Waals surface area (Å²) >= 11 is 4.36. The Morgan fingerprint density at radius 3 is 2.15 bits per heavy atom. The smallest absolute Gasteiger partial charge is 0.191 e. The molecule has 1 rings (SSSR count). The summed E-state index contributed by atoms with van der Waals surface area (Å²) in [6.07, 6.45) is 2.62. The van der Waals surface area contributed by atoms with Gasteiger partial charge in [-0.1, -0.05) is 34.6 Å². The SMILES string of the molecule is CC(C)[C@@H](CCO[Si](C)(C)C(C)(C)C)C1SCCCS1. The topological polar surface area (TPSA) is 9.23 Å². The summed E-state index contributed by atoms with van der Waals surface area (Å²) in [4.78, 5) is 0. The first-order chi connectivity index (χ1) is 9.15. The van der Waals surface area contributed by atoms with Gasteiger partial charge in [0.2, 0.25) is 0 Å². The van der Waals surface area contributed by atoms with Gasteiger partial charge in [0.25, 0.3) is 0 Å². The van der Waals surface area contributed by atoms with Crippen molar-refractivity contribution in [3.05, 3.63) is 0 Å². The lowest BCUT2D eigenvalue weighted by atomic mass is 9.95. The summed E-state index contributed by atoms with van der Waals surface area (Å²) in [5.41, 5.74) is 0. The van der Waals surface area contributed by atoms with Crippen molar-refractivity contribution >= 4 is 31.8 Å². The fraction of sp³-hybridized carbons (Fsp3) is 1.00. The molecule has 0 aromatic heterocycles. The molecule has 0 aliphatic carbocycles. The molecule has 0 aromatic rings. The van der Waals surface area contributed by atoms with Crippen LogP contribution in [0.3, 0.4) is 0 Å². The highest BCUT2D eigenvalue weighted by Crippen LogP contribution is 2.41. The summed E-state index contributed by atoms with van der Waals surface area (Å²) in [6.45, 7) is 17.4. The second kappa shape index (κ2) is 7.93. The zero-order valence-electron chi connectivity index (χ0n) is 14.5. The van der Waals surface area contributed by atoms with Gasteiger partial charge in [-0.2, -0.15) is 0 Å². The number of hydrogen-bond acceptors (Lipinski definition) is 3. The molecule has 1 atom stereocenters. The van der Waals surface area contributed by atoms with Gasteiger partial charge < -0.3 is 4.43 Å². The van der Waals surface area contributed by atoms with Gasteiger partial charge in [0.1, 0.15) is 0 Å². The molecule has 1 nitrogen and oxygen atoms in total. The summed E-state index contributed by atoms with van der Waals surface area (Å²) in [6, 6.07) is 0. The molecule has 0 radical (unpaired) electrons. The average Bonchev–Trinajstić information content (AvgIpc) is 2.34. The van der Waals surface area contributed by atoms with Crippen molar-refractivity contribution in [3.8, 4) is 0 Å². The Morgan fingerprint density at radius 2 is 1.70 bits per heavy atom. The van der Waals surface area contributed by atoms with Crippen LogP contribution in [-0.2, 0) is 4.43 Å². The van der Waals surface area contributed by atoms with E-state index in [4.69, 9.17) is 4.43 Å². The molecule has 20 heavy (non-hydrogen) atoms. The largest absolute Gasteiger partial charge is 0.417 e. The van der Waals surface area contributed by atoms with E-state index in [1.54, 1.807) is 0 Å². The highest BCUT2D eigenvalue weighted by atomic mass is 32.2. The first-order valence-corrected chi connectivity index (χ1v) is 13.0. The molecule has 0 bridgehead atoms. The summed E-state index contributed by atoms with van der Waals surface area (Å²) in [5.74, 6) is 4.27. The Bertz CT molecular complexity index is 281. The molecule has 1 aliphatic rings. The Hall–Kier alpha value is 0.877. The van der Waals surface area contributed by atoms with E-state index in [1.165, 1.54) is 24.3 Å². The minimum Gasteiger partial charge on any atom is -0.417 e. The van der Waals surface area contributed by atoms with Gasteiger partial charge in [-0.3, -0.25) is 0 Å². The lowest BCUT2D eigenvalue weighted by molar-refractivity contribution is 0.239. The van der Waals surface area contributed by atoms with Crippen LogP contribution in [0.5, 0.6) is 0 Å². The Morgan fingerprint density at radius 1 is 1.15 bits per heavy atom. The Kier molecular flexibility index (Phi) is 7.51. The first kappa shape index (κ1) is 18.9. The van der Waals surface area contributed by atoms with E-state index < -0.39 is 8.32 Å². The molecular weight excluding hydrogens is 300 g/mol. The van der Waals surface area contributed by atoms with E-state index in [-0.39, 0.29) is 0 Å². The summed E-state index contributed by atoms with van der Waals surface area (Å²) < 4.78 is 7.18. The van der Waals surface area contributed by atoms with Crippen molar-refractivity contribution < 1.29 is 4.43 Å². The van der Waals surface area contributed by atoms with Crippen LogP contribution in [0.1, 0.15) is 47.5 Å². The third-order valence-corrected chi connectivity index (χ3v) is 12.5. The van der Waals surface area contributed by atoms with Crippen LogP contribution in [0.4, 0.5) is 0 Å². The van der Waals surface area contributed by atoms with Crippen molar-refractivity contribution in [2.24, 2.45) is 11.8 Å². The highest BCUT2D eigenvalue weighted by molar-refractivity contribution is 8.17. The first-order valence-electron chi connectivity index (χ1n) is 8.02. The van der Waals surface area contributed by atoms with E-state index in [9.17, 15) is 0 Å². The standard InChI is InChI=1S/C16H34OS2Si/c1-13(2)14(15-18-11-8-12-19-15)9-10-17-20(6,7)16(3,4)5/h13-15H,8-12H2,1-7H3/t14-/m1/s1. The molecule has 0 aromatic carbocycles. The molecule has 1 aliphatic heterocycles. The third kappa shape index (κ3) is 5.58. The maximum atomic E-state index is 6.39. The molecule has 0 unspecified atom stereocenters. The van der Waals surface area contributed by atoms with Crippen molar-refractivity contribution in [2.75, 3.05) is 18.1 Å². The van der Waals surface area contributed by atoms with Crippen LogP contribution >= 0.6 is 23.5 Å². The normalized spacial score (nSPS) is 20.4. The van der Waals surface area contributed by atoms with Crippen LogP contribution in [0.2, 0.25) is 18.1 Å². The van der Waals surface area contributed by atoms with Gasteiger partial charge in [0.15, 0.2) is 8.32 Å². The van der Waals surface area contributed by atoms with Gasteiger partial charge >= 0.3 is 0 Å². The van der Waals surface area contributed by atoms with E-state index in [1.807, 2.05) is 0 Å². The molecule has 120 valence electrons. The lowest BCUT2D eigenvalue weighted by Gasteiger charge is -2.38. The second-order valence-electron chi connectivity index (χ2n) is 7.77. The molecule has 4 heteroatoms. The van der Waals surface area contributed by atoms with Crippen molar-refractivity contribution in [2.45, 2.75) is 70.2 Å². The predicted molar refractivity (Wildman–Crippen MR) is 99.4 cm³/mol. The number of thioether (sulfide) groups is 2. The predicted octanol–water partition coefficient (Wildman–Crippen LogP) is 5.87. The molecule has 0 amide bonds. The molecule has 0 N–H and O–H groups in total. The van der Waals surface area contributed by atoms with Crippen LogP contribution in [0.25, 0.3) is 0 Å². The van der Waals surface area contributed by atoms with Gasteiger partial charge in [0.05, 0.1) is 4.58 Å². The maximum absolute atomic E-state index is 6.39. The fourth-order valence-corrected chi connectivity index (χ4v) is 6.89. The zero-order valence-corrected chi connectivity index (χ0v) is 17.1. The monoisotopic (exact) mass is 334 g/mol. The van der Waals surface area contributed by atoms with Gasteiger partial charge in [-0.05, 0) is 54.3 Å². The zero-order chi connectivity index (χ0) is 15.4. The highest BCUT2D eigenvalue weighted by Gasteiger charge is 2.37. The second-order valence-corrected chi connectivity index (χ2v) is 15.4. The van der Waals surface area contributed by atoms with Crippen LogP contribution in [0, 0.1) is 11.8 Å². The molecule has 1 saturated heterocycles. The Labute approximate surface area is 136 Å². The fourth-order valence-electron chi connectivity index (χ4n) is 2.20. The number of hydrogen-bond donors (Lipinski definition) is 0.